The Balaban J connectivity index is 2.57. The molecule has 0 spiro atoms. The highest BCUT2D eigenvalue weighted by Crippen LogP contribution is 2.22. The van der Waals surface area contributed by atoms with Crippen LogP contribution in [-0.2, 0) is 0 Å². The number of pyridine rings is 1. The molecule has 3 aromatic rings. The third-order valence-corrected chi connectivity index (χ3v) is 2.92. The predicted molar refractivity (Wildman–Crippen MR) is 64.1 cm³/mol. The standard InChI is InChI=1S/C10H6IN3/c11-7-1-2-8-6(3-7)4-12-9-5-13-14-10(8)9/h1-5H,(H,13,14). The first-order valence-corrected chi connectivity index (χ1v) is 5.30. The van der Waals surface area contributed by atoms with Crippen molar-refractivity contribution in [1.82, 2.24) is 15.2 Å². The van der Waals surface area contributed by atoms with Gasteiger partial charge in [0, 0.05) is 20.5 Å². The lowest BCUT2D eigenvalue weighted by molar-refractivity contribution is 1.12. The quantitative estimate of drug-likeness (QED) is 0.648. The summed E-state index contributed by atoms with van der Waals surface area (Å²) in [6.45, 7) is 0. The number of halogens is 1. The molecule has 68 valence electrons. The monoisotopic (exact) mass is 295 g/mol. The molecule has 0 bridgehead atoms. The van der Waals surface area contributed by atoms with Crippen LogP contribution < -0.4 is 0 Å². The summed E-state index contributed by atoms with van der Waals surface area (Å²) < 4.78 is 1.22. The zero-order chi connectivity index (χ0) is 9.54. The van der Waals surface area contributed by atoms with E-state index in [9.17, 15) is 0 Å². The molecule has 0 unspecified atom stereocenters. The second kappa shape index (κ2) is 2.91. The van der Waals surface area contributed by atoms with Gasteiger partial charge in [0.1, 0.15) is 5.52 Å². The summed E-state index contributed by atoms with van der Waals surface area (Å²) in [5.74, 6) is 0. The van der Waals surface area contributed by atoms with Crippen LogP contribution in [0.4, 0.5) is 0 Å². The summed E-state index contributed by atoms with van der Waals surface area (Å²) in [4.78, 5) is 4.31. The van der Waals surface area contributed by atoms with E-state index in [1.165, 1.54) is 8.96 Å². The van der Waals surface area contributed by atoms with E-state index in [1.807, 2.05) is 6.20 Å². The van der Waals surface area contributed by atoms with E-state index < -0.39 is 0 Å². The molecule has 0 saturated carbocycles. The predicted octanol–water partition coefficient (Wildman–Crippen LogP) is 2.72. The van der Waals surface area contributed by atoms with Crippen molar-refractivity contribution in [2.24, 2.45) is 0 Å². The summed E-state index contributed by atoms with van der Waals surface area (Å²) >= 11 is 2.30. The topological polar surface area (TPSA) is 41.6 Å². The maximum atomic E-state index is 4.31. The molecular formula is C10H6IN3. The highest BCUT2D eigenvalue weighted by molar-refractivity contribution is 14.1. The molecular weight excluding hydrogens is 289 g/mol. The third kappa shape index (κ3) is 1.10. The first kappa shape index (κ1) is 8.16. The summed E-state index contributed by atoms with van der Waals surface area (Å²) in [6.07, 6.45) is 3.63. The van der Waals surface area contributed by atoms with E-state index in [0.29, 0.717) is 0 Å². The molecule has 3 rings (SSSR count). The van der Waals surface area contributed by atoms with Gasteiger partial charge in [0.05, 0.1) is 11.7 Å². The SMILES string of the molecule is Ic1ccc2c(cnc3cn[nH]c32)c1. The fourth-order valence-corrected chi connectivity index (χ4v) is 2.10. The molecule has 0 radical (unpaired) electrons. The van der Waals surface area contributed by atoms with Crippen molar-refractivity contribution in [2.75, 3.05) is 0 Å². The van der Waals surface area contributed by atoms with Crippen molar-refractivity contribution in [3.05, 3.63) is 34.2 Å². The number of nitrogens with zero attached hydrogens (tertiary/aromatic N) is 2. The van der Waals surface area contributed by atoms with Crippen molar-refractivity contribution in [1.29, 1.82) is 0 Å². The Morgan fingerprint density at radius 2 is 2.14 bits per heavy atom. The molecule has 14 heavy (non-hydrogen) atoms. The lowest BCUT2D eigenvalue weighted by atomic mass is 10.1. The van der Waals surface area contributed by atoms with Crippen LogP contribution in [0.2, 0.25) is 0 Å². The smallest absolute Gasteiger partial charge is 0.109 e. The highest BCUT2D eigenvalue weighted by Gasteiger charge is 2.02. The maximum Gasteiger partial charge on any atom is 0.109 e. The number of aromatic nitrogens is 3. The van der Waals surface area contributed by atoms with Crippen LogP contribution in [0.3, 0.4) is 0 Å². The van der Waals surface area contributed by atoms with Gasteiger partial charge in [-0.2, -0.15) is 5.10 Å². The summed E-state index contributed by atoms with van der Waals surface area (Å²) in [6, 6.07) is 6.30. The molecule has 0 amide bonds. The van der Waals surface area contributed by atoms with Crippen LogP contribution in [0.1, 0.15) is 0 Å². The van der Waals surface area contributed by atoms with Gasteiger partial charge >= 0.3 is 0 Å². The Morgan fingerprint density at radius 1 is 1.21 bits per heavy atom. The van der Waals surface area contributed by atoms with Crippen LogP contribution in [0, 0.1) is 3.57 Å². The van der Waals surface area contributed by atoms with Gasteiger partial charge < -0.3 is 0 Å². The van der Waals surface area contributed by atoms with E-state index in [2.05, 4.69) is 56.0 Å². The second-order valence-corrected chi connectivity index (χ2v) is 4.37. The van der Waals surface area contributed by atoms with Crippen LogP contribution in [0.5, 0.6) is 0 Å². The molecule has 0 aliphatic heterocycles. The first-order valence-electron chi connectivity index (χ1n) is 4.22. The van der Waals surface area contributed by atoms with Gasteiger partial charge in [-0.3, -0.25) is 10.1 Å². The first-order chi connectivity index (χ1) is 6.84. The lowest BCUT2D eigenvalue weighted by Gasteiger charge is -1.98. The zero-order valence-electron chi connectivity index (χ0n) is 7.16. The van der Waals surface area contributed by atoms with Crippen molar-refractivity contribution in [3.8, 4) is 0 Å². The number of nitrogens with one attached hydrogen (secondary N) is 1. The second-order valence-electron chi connectivity index (χ2n) is 3.12. The van der Waals surface area contributed by atoms with Crippen molar-refractivity contribution in [2.45, 2.75) is 0 Å². The van der Waals surface area contributed by atoms with E-state index in [0.717, 1.165) is 16.4 Å². The summed E-state index contributed by atoms with van der Waals surface area (Å²) in [5, 5.41) is 9.27. The Labute approximate surface area is 93.7 Å². The van der Waals surface area contributed by atoms with Gasteiger partial charge in [0.25, 0.3) is 0 Å². The molecule has 0 fully saturated rings. The lowest BCUT2D eigenvalue weighted by Crippen LogP contribution is -1.80. The Morgan fingerprint density at radius 3 is 3.07 bits per heavy atom. The van der Waals surface area contributed by atoms with Crippen molar-refractivity contribution >= 4 is 44.4 Å². The molecule has 3 nitrogen and oxygen atoms in total. The third-order valence-electron chi connectivity index (χ3n) is 2.24. The molecule has 1 N–H and O–H groups in total. The zero-order valence-corrected chi connectivity index (χ0v) is 9.32. The van der Waals surface area contributed by atoms with Crippen molar-refractivity contribution in [3.63, 3.8) is 0 Å². The van der Waals surface area contributed by atoms with Crippen LogP contribution in [0.15, 0.2) is 30.6 Å². The van der Waals surface area contributed by atoms with E-state index in [4.69, 9.17) is 0 Å². The molecule has 0 atom stereocenters. The molecule has 2 aromatic heterocycles. The van der Waals surface area contributed by atoms with E-state index in [-0.39, 0.29) is 0 Å². The highest BCUT2D eigenvalue weighted by atomic mass is 127. The largest absolute Gasteiger partial charge is 0.276 e. The van der Waals surface area contributed by atoms with Crippen molar-refractivity contribution < 1.29 is 0 Å². The van der Waals surface area contributed by atoms with Gasteiger partial charge in [-0.05, 0) is 34.7 Å². The van der Waals surface area contributed by atoms with Gasteiger partial charge in [-0.25, -0.2) is 0 Å². The number of benzene rings is 1. The molecule has 1 aromatic carbocycles. The summed E-state index contributed by atoms with van der Waals surface area (Å²) in [7, 11) is 0. The molecule has 0 aliphatic rings. The fourth-order valence-electron chi connectivity index (χ4n) is 1.58. The Kier molecular flexibility index (Phi) is 1.70. The number of H-pyrrole nitrogens is 1. The van der Waals surface area contributed by atoms with Gasteiger partial charge in [0.15, 0.2) is 0 Å². The minimum Gasteiger partial charge on any atom is -0.276 e. The average molecular weight is 295 g/mol. The van der Waals surface area contributed by atoms with Crippen LogP contribution >= 0.6 is 22.6 Å². The number of hydrogen-bond acceptors (Lipinski definition) is 2. The van der Waals surface area contributed by atoms with Gasteiger partial charge in [-0.1, -0.05) is 6.07 Å². The van der Waals surface area contributed by atoms with Crippen LogP contribution in [-0.4, -0.2) is 15.2 Å². The molecule has 0 aliphatic carbocycles. The van der Waals surface area contributed by atoms with Gasteiger partial charge in [0.2, 0.25) is 0 Å². The van der Waals surface area contributed by atoms with Gasteiger partial charge in [-0.15, -0.1) is 0 Å². The average Bonchev–Trinajstić information content (AvgIpc) is 2.65. The Bertz CT molecular complexity index is 615. The van der Waals surface area contributed by atoms with E-state index >= 15 is 0 Å². The number of aromatic amines is 1. The van der Waals surface area contributed by atoms with E-state index in [1.54, 1.807) is 6.20 Å². The molecule has 0 saturated heterocycles. The normalized spacial score (nSPS) is 11.2. The molecule has 4 heteroatoms. The summed E-state index contributed by atoms with van der Waals surface area (Å²) in [5.41, 5.74) is 1.93. The minimum atomic E-state index is 0.915. The molecule has 2 heterocycles. The number of rotatable bonds is 0. The maximum absolute atomic E-state index is 4.31. The number of fused-ring (bicyclic) bond motifs is 3. The van der Waals surface area contributed by atoms with Crippen LogP contribution in [0.25, 0.3) is 21.8 Å². The Hall–Kier alpha value is -1.17. The fraction of sp³-hybridized carbons (Fsp3) is 0. The minimum absolute atomic E-state index is 0.915. The number of hydrogen-bond donors (Lipinski definition) is 1.